The molecule has 0 bridgehead atoms. The van der Waals surface area contributed by atoms with E-state index in [1.54, 1.807) is 12.1 Å². The van der Waals surface area contributed by atoms with E-state index in [4.69, 9.17) is 11.5 Å². The van der Waals surface area contributed by atoms with Crippen molar-refractivity contribution < 1.29 is 9.59 Å². The van der Waals surface area contributed by atoms with Gasteiger partial charge in [0.05, 0.1) is 6.04 Å². The van der Waals surface area contributed by atoms with Crippen LogP contribution in [-0.4, -0.2) is 24.4 Å². The summed E-state index contributed by atoms with van der Waals surface area (Å²) < 4.78 is 0. The minimum absolute atomic E-state index is 0.420. The molecule has 2 amide bonds. The summed E-state index contributed by atoms with van der Waals surface area (Å²) in [6.07, 6.45) is 2.11. The molecular weight excluding hydrogens is 278 g/mol. The van der Waals surface area contributed by atoms with Crippen LogP contribution in [0.2, 0.25) is 0 Å². The maximum atomic E-state index is 12.3. The predicted octanol–water partition coefficient (Wildman–Crippen LogP) is 1.55. The third-order valence-corrected chi connectivity index (χ3v) is 3.58. The topological polar surface area (TPSA) is 98.2 Å². The number of rotatable bonds is 6. The fourth-order valence-corrected chi connectivity index (χ4v) is 2.34. The van der Waals surface area contributed by atoms with E-state index in [1.807, 2.05) is 30.3 Å². The summed E-state index contributed by atoms with van der Waals surface area (Å²) in [5.74, 6) is -0.869. The molecule has 116 valence electrons. The van der Waals surface area contributed by atoms with E-state index >= 15 is 0 Å². The summed E-state index contributed by atoms with van der Waals surface area (Å²) in [5, 5.41) is 4.15. The maximum absolute atomic E-state index is 12.3. The number of imide groups is 1. The Morgan fingerprint density at radius 2 is 1.77 bits per heavy atom. The van der Waals surface area contributed by atoms with Crippen molar-refractivity contribution in [1.29, 1.82) is 0 Å². The second kappa shape index (κ2) is 7.68. The summed E-state index contributed by atoms with van der Waals surface area (Å²) in [5.41, 5.74) is 11.7. The highest BCUT2D eigenvalue weighted by molar-refractivity contribution is 6.12. The van der Waals surface area contributed by atoms with Crippen LogP contribution in [0.25, 0.3) is 10.8 Å². The van der Waals surface area contributed by atoms with E-state index < -0.39 is 17.9 Å². The summed E-state index contributed by atoms with van der Waals surface area (Å²) in [7, 11) is 0. The van der Waals surface area contributed by atoms with Gasteiger partial charge in [-0.3, -0.25) is 14.9 Å². The minimum atomic E-state index is -0.689. The van der Waals surface area contributed by atoms with Gasteiger partial charge in [0.15, 0.2) is 0 Å². The lowest BCUT2D eigenvalue weighted by Gasteiger charge is -2.12. The van der Waals surface area contributed by atoms with Crippen LogP contribution < -0.4 is 16.8 Å². The molecule has 2 rings (SSSR count). The second-order valence-corrected chi connectivity index (χ2v) is 5.24. The molecule has 2 aromatic rings. The number of hydrogen-bond acceptors (Lipinski definition) is 4. The highest BCUT2D eigenvalue weighted by atomic mass is 16.2. The molecule has 0 radical (unpaired) electrons. The van der Waals surface area contributed by atoms with Crippen LogP contribution in [0.1, 0.15) is 29.6 Å². The molecule has 5 nitrogen and oxygen atoms in total. The van der Waals surface area contributed by atoms with E-state index in [9.17, 15) is 9.59 Å². The van der Waals surface area contributed by atoms with E-state index in [0.717, 1.165) is 23.6 Å². The van der Waals surface area contributed by atoms with E-state index in [2.05, 4.69) is 5.32 Å². The van der Waals surface area contributed by atoms with Crippen molar-refractivity contribution in [3.8, 4) is 0 Å². The number of benzene rings is 2. The molecule has 0 heterocycles. The number of fused-ring (bicyclic) bond motifs is 1. The highest BCUT2D eigenvalue weighted by Crippen LogP contribution is 2.18. The number of amides is 2. The molecule has 0 saturated heterocycles. The van der Waals surface area contributed by atoms with Crippen molar-refractivity contribution in [2.75, 3.05) is 6.54 Å². The summed E-state index contributed by atoms with van der Waals surface area (Å²) in [6.45, 7) is 0.573. The van der Waals surface area contributed by atoms with E-state index in [0.29, 0.717) is 18.5 Å². The van der Waals surface area contributed by atoms with Crippen molar-refractivity contribution in [3.05, 3.63) is 48.0 Å². The third kappa shape index (κ3) is 3.90. The molecule has 5 heteroatoms. The van der Waals surface area contributed by atoms with Gasteiger partial charge < -0.3 is 11.5 Å². The van der Waals surface area contributed by atoms with Gasteiger partial charge in [0.2, 0.25) is 5.91 Å². The van der Waals surface area contributed by atoms with Crippen molar-refractivity contribution in [2.24, 2.45) is 11.5 Å². The van der Waals surface area contributed by atoms with E-state index in [1.165, 1.54) is 0 Å². The SMILES string of the molecule is NCCCC[C@H](N)C(=O)NC(=O)c1cccc2ccccc12. The molecule has 0 spiro atoms. The largest absolute Gasteiger partial charge is 0.330 e. The van der Waals surface area contributed by atoms with Gasteiger partial charge in [0, 0.05) is 5.56 Å². The van der Waals surface area contributed by atoms with Crippen molar-refractivity contribution >= 4 is 22.6 Å². The summed E-state index contributed by atoms with van der Waals surface area (Å²) >= 11 is 0. The maximum Gasteiger partial charge on any atom is 0.258 e. The lowest BCUT2D eigenvalue weighted by molar-refractivity contribution is -0.121. The predicted molar refractivity (Wildman–Crippen MR) is 87.3 cm³/mol. The fourth-order valence-electron chi connectivity index (χ4n) is 2.34. The zero-order valence-electron chi connectivity index (χ0n) is 12.4. The lowest BCUT2D eigenvalue weighted by Crippen LogP contribution is -2.43. The number of carbonyl (C=O) groups excluding carboxylic acids is 2. The summed E-state index contributed by atoms with van der Waals surface area (Å²) in [4.78, 5) is 24.3. The Bertz CT molecular complexity index is 665. The Balaban J connectivity index is 2.06. The molecule has 0 aliphatic rings. The average Bonchev–Trinajstić information content (AvgIpc) is 2.54. The number of unbranched alkanes of at least 4 members (excludes halogenated alkanes) is 1. The van der Waals surface area contributed by atoms with Gasteiger partial charge in [-0.25, -0.2) is 0 Å². The van der Waals surface area contributed by atoms with Crippen LogP contribution in [0.3, 0.4) is 0 Å². The van der Waals surface area contributed by atoms with Crippen LogP contribution in [-0.2, 0) is 4.79 Å². The van der Waals surface area contributed by atoms with Crippen LogP contribution in [0.15, 0.2) is 42.5 Å². The van der Waals surface area contributed by atoms with E-state index in [-0.39, 0.29) is 0 Å². The van der Waals surface area contributed by atoms with Crippen molar-refractivity contribution in [3.63, 3.8) is 0 Å². The van der Waals surface area contributed by atoms with Crippen molar-refractivity contribution in [2.45, 2.75) is 25.3 Å². The van der Waals surface area contributed by atoms with Gasteiger partial charge in [-0.1, -0.05) is 42.8 Å². The van der Waals surface area contributed by atoms with Gasteiger partial charge in [-0.05, 0) is 36.2 Å². The fraction of sp³-hybridized carbons (Fsp3) is 0.294. The lowest BCUT2D eigenvalue weighted by atomic mass is 10.0. The molecule has 0 aromatic heterocycles. The smallest absolute Gasteiger partial charge is 0.258 e. The molecule has 0 aliphatic heterocycles. The molecule has 1 atom stereocenters. The van der Waals surface area contributed by atoms with Crippen molar-refractivity contribution in [1.82, 2.24) is 5.32 Å². The summed E-state index contributed by atoms with van der Waals surface area (Å²) in [6, 6.07) is 12.3. The van der Waals surface area contributed by atoms with Gasteiger partial charge in [-0.2, -0.15) is 0 Å². The molecule has 2 aromatic carbocycles. The Labute approximate surface area is 129 Å². The van der Waals surface area contributed by atoms with Crippen LogP contribution in [0, 0.1) is 0 Å². The Morgan fingerprint density at radius 1 is 1.05 bits per heavy atom. The molecule has 22 heavy (non-hydrogen) atoms. The Kier molecular flexibility index (Phi) is 5.63. The Hall–Kier alpha value is -2.24. The molecule has 0 saturated carbocycles. The molecule has 0 fully saturated rings. The first-order valence-electron chi connectivity index (χ1n) is 7.42. The molecule has 5 N–H and O–H groups in total. The number of nitrogens with one attached hydrogen (secondary N) is 1. The zero-order valence-corrected chi connectivity index (χ0v) is 12.4. The first-order valence-corrected chi connectivity index (χ1v) is 7.42. The number of hydrogen-bond donors (Lipinski definition) is 3. The van der Waals surface area contributed by atoms with Crippen LogP contribution in [0.4, 0.5) is 0 Å². The molecular formula is C17H21N3O2. The minimum Gasteiger partial charge on any atom is -0.330 e. The van der Waals surface area contributed by atoms with Crippen LogP contribution in [0.5, 0.6) is 0 Å². The second-order valence-electron chi connectivity index (χ2n) is 5.24. The monoisotopic (exact) mass is 299 g/mol. The van der Waals surface area contributed by atoms with Gasteiger partial charge >= 0.3 is 0 Å². The third-order valence-electron chi connectivity index (χ3n) is 3.58. The number of carbonyl (C=O) groups is 2. The molecule has 0 aliphatic carbocycles. The molecule has 0 unspecified atom stereocenters. The first kappa shape index (κ1) is 16.1. The average molecular weight is 299 g/mol. The standard InChI is InChI=1S/C17H21N3O2/c18-11-4-3-10-15(19)17(22)20-16(21)14-9-5-7-12-6-1-2-8-13(12)14/h1-2,5-9,15H,3-4,10-11,18-19H2,(H,20,21,22)/t15-/m0/s1. The zero-order chi connectivity index (χ0) is 15.9. The number of nitrogens with two attached hydrogens (primary N) is 2. The quantitative estimate of drug-likeness (QED) is 0.705. The van der Waals surface area contributed by atoms with Crippen LogP contribution >= 0.6 is 0 Å². The first-order chi connectivity index (χ1) is 10.6. The van der Waals surface area contributed by atoms with Gasteiger partial charge in [0.1, 0.15) is 0 Å². The Morgan fingerprint density at radius 3 is 2.55 bits per heavy atom. The van der Waals surface area contributed by atoms with Gasteiger partial charge in [-0.15, -0.1) is 0 Å². The van der Waals surface area contributed by atoms with Gasteiger partial charge in [0.25, 0.3) is 5.91 Å². The normalized spacial score (nSPS) is 12.1. The highest BCUT2D eigenvalue weighted by Gasteiger charge is 2.18.